The summed E-state index contributed by atoms with van der Waals surface area (Å²) in [4.78, 5) is 21.3. The molecule has 136 valence electrons. The Morgan fingerprint density at radius 2 is 0.913 bits per heavy atom. The fourth-order valence-corrected chi connectivity index (χ4v) is 2.85. The quantitative estimate of drug-likeness (QED) is 0.248. The molecule has 0 aliphatic rings. The Labute approximate surface area is 147 Å². The van der Waals surface area contributed by atoms with Gasteiger partial charge in [0.1, 0.15) is 0 Å². The van der Waals surface area contributed by atoms with Crippen LogP contribution in [0.25, 0.3) is 0 Å². The maximum absolute atomic E-state index is 11.0. The Hall–Kier alpha value is -0.710. The smallest absolute Gasteiger partial charge is 0.303 e. The van der Waals surface area contributed by atoms with Gasteiger partial charge in [-0.1, -0.05) is 89.9 Å². The summed E-state index contributed by atoms with van der Waals surface area (Å²) < 4.78 is 2.35. The summed E-state index contributed by atoms with van der Waals surface area (Å²) >= 11 is 3.73. The summed E-state index contributed by atoms with van der Waals surface area (Å²) in [6.45, 7) is 0. The molecule has 0 aromatic rings. The molecule has 0 unspecified atom stereocenters. The molecule has 0 spiro atoms. The van der Waals surface area contributed by atoms with Gasteiger partial charge in [-0.2, -0.15) is 0 Å². The number of nitrogens with one attached hydrogen (secondary N) is 1. The van der Waals surface area contributed by atoms with Crippen molar-refractivity contribution in [2.75, 3.05) is 0 Å². The van der Waals surface area contributed by atoms with Crippen molar-refractivity contribution >= 4 is 24.7 Å². The molecule has 0 radical (unpaired) electrons. The van der Waals surface area contributed by atoms with Gasteiger partial charge in [-0.05, 0) is 12.8 Å². The molecule has 5 heteroatoms. The Morgan fingerprint density at radius 3 is 1.22 bits per heavy atom. The molecule has 0 aromatic heterocycles. The van der Waals surface area contributed by atoms with Crippen LogP contribution in [0.1, 0.15) is 103 Å². The third kappa shape index (κ3) is 19.2. The van der Waals surface area contributed by atoms with Gasteiger partial charge in [0.15, 0.2) is 0 Å². The van der Waals surface area contributed by atoms with E-state index in [2.05, 4.69) is 17.5 Å². The van der Waals surface area contributed by atoms with Crippen molar-refractivity contribution in [1.29, 1.82) is 0 Å². The number of unbranched alkanes of at least 4 members (excludes halogenated alkanes) is 13. The zero-order chi connectivity index (χ0) is 17.2. The first-order valence-electron chi connectivity index (χ1n) is 9.31. The molecule has 0 aromatic carbocycles. The number of amides is 1. The van der Waals surface area contributed by atoms with Gasteiger partial charge in [-0.3, -0.25) is 9.59 Å². The van der Waals surface area contributed by atoms with Crippen molar-refractivity contribution in [2.24, 2.45) is 0 Å². The summed E-state index contributed by atoms with van der Waals surface area (Å²) in [5.41, 5.74) is 0. The zero-order valence-corrected chi connectivity index (χ0v) is 15.4. The van der Waals surface area contributed by atoms with Crippen molar-refractivity contribution in [3.05, 3.63) is 0 Å². The molecule has 0 aliphatic carbocycles. The minimum absolute atomic E-state index is 0.0234. The summed E-state index contributed by atoms with van der Waals surface area (Å²) in [5.74, 6) is -0.650. The van der Waals surface area contributed by atoms with Gasteiger partial charge in [0.05, 0.1) is 0 Å². The van der Waals surface area contributed by atoms with Gasteiger partial charge in [0.25, 0.3) is 0 Å². The Kier molecular flexibility index (Phi) is 17.1. The van der Waals surface area contributed by atoms with Crippen LogP contribution in [0.4, 0.5) is 0 Å². The second-order valence-corrected chi connectivity index (χ2v) is 6.60. The van der Waals surface area contributed by atoms with E-state index in [1.54, 1.807) is 0 Å². The lowest BCUT2D eigenvalue weighted by Crippen LogP contribution is -2.11. The standard InChI is InChI=1S/C18H35NO3S/c20-17(19-23)15-13-11-9-7-5-3-1-2-4-6-8-10-12-14-16-18(21)22/h23H,1-16H2,(H,19,20)(H,21,22). The summed E-state index contributed by atoms with van der Waals surface area (Å²) in [5, 5.41) is 8.53. The first kappa shape index (κ1) is 22.3. The number of thiol groups is 1. The SMILES string of the molecule is O=C(O)CCCCCCCCCCCCCCCCC(=O)NS. The molecule has 0 bridgehead atoms. The Bertz CT molecular complexity index is 298. The van der Waals surface area contributed by atoms with E-state index in [9.17, 15) is 9.59 Å². The van der Waals surface area contributed by atoms with Crippen LogP contribution in [0.15, 0.2) is 0 Å². The predicted molar refractivity (Wildman–Crippen MR) is 98.6 cm³/mol. The third-order valence-corrected chi connectivity index (χ3v) is 4.42. The van der Waals surface area contributed by atoms with Crippen LogP contribution in [0.2, 0.25) is 0 Å². The maximum atomic E-state index is 11.0. The number of aliphatic carboxylic acids is 1. The molecule has 0 saturated heterocycles. The Morgan fingerprint density at radius 1 is 0.609 bits per heavy atom. The predicted octanol–water partition coefficient (Wildman–Crippen LogP) is 5.27. The van der Waals surface area contributed by atoms with E-state index in [1.165, 1.54) is 64.2 Å². The summed E-state index contributed by atoms with van der Waals surface area (Å²) in [7, 11) is 0. The molecule has 4 nitrogen and oxygen atoms in total. The number of carbonyl (C=O) groups excluding carboxylic acids is 1. The van der Waals surface area contributed by atoms with E-state index in [-0.39, 0.29) is 5.91 Å². The van der Waals surface area contributed by atoms with Gasteiger partial charge < -0.3 is 9.83 Å². The van der Waals surface area contributed by atoms with E-state index in [0.717, 1.165) is 25.7 Å². The molecule has 0 atom stereocenters. The van der Waals surface area contributed by atoms with Crippen LogP contribution >= 0.6 is 12.8 Å². The number of carboxylic acid groups (broad SMARTS) is 1. The number of carboxylic acids is 1. The third-order valence-electron chi connectivity index (χ3n) is 4.17. The highest BCUT2D eigenvalue weighted by Gasteiger charge is 1.98. The maximum Gasteiger partial charge on any atom is 0.303 e. The minimum Gasteiger partial charge on any atom is -0.481 e. The topological polar surface area (TPSA) is 66.4 Å². The number of hydrogen-bond acceptors (Lipinski definition) is 3. The molecule has 1 amide bonds. The molecule has 0 aliphatic heterocycles. The van der Waals surface area contributed by atoms with Gasteiger partial charge in [-0.15, -0.1) is 0 Å². The van der Waals surface area contributed by atoms with Crippen LogP contribution in [0.3, 0.4) is 0 Å². The van der Waals surface area contributed by atoms with E-state index >= 15 is 0 Å². The number of rotatable bonds is 17. The van der Waals surface area contributed by atoms with Gasteiger partial charge >= 0.3 is 5.97 Å². The molecule has 0 saturated carbocycles. The van der Waals surface area contributed by atoms with Crippen LogP contribution in [0.5, 0.6) is 0 Å². The average molecular weight is 346 g/mol. The second kappa shape index (κ2) is 17.6. The van der Waals surface area contributed by atoms with Gasteiger partial charge in [0, 0.05) is 12.8 Å². The lowest BCUT2D eigenvalue weighted by molar-refractivity contribution is -0.137. The number of carbonyl (C=O) groups is 2. The molecule has 0 rings (SSSR count). The highest BCUT2D eigenvalue weighted by molar-refractivity contribution is 7.78. The molecular formula is C18H35NO3S. The zero-order valence-electron chi connectivity index (χ0n) is 14.5. The van der Waals surface area contributed by atoms with E-state index in [0.29, 0.717) is 12.8 Å². The minimum atomic E-state index is -0.673. The van der Waals surface area contributed by atoms with Crippen molar-refractivity contribution in [3.8, 4) is 0 Å². The van der Waals surface area contributed by atoms with Crippen molar-refractivity contribution < 1.29 is 14.7 Å². The van der Waals surface area contributed by atoms with Crippen LogP contribution in [-0.4, -0.2) is 17.0 Å². The first-order chi connectivity index (χ1) is 11.2. The number of hydrogen-bond donors (Lipinski definition) is 3. The lowest BCUT2D eigenvalue weighted by atomic mass is 10.0. The Balaban J connectivity index is 3.02. The van der Waals surface area contributed by atoms with Gasteiger partial charge in [0.2, 0.25) is 5.91 Å². The molecule has 2 N–H and O–H groups in total. The summed E-state index contributed by atoms with van der Waals surface area (Å²) in [6, 6.07) is 0. The molecule has 23 heavy (non-hydrogen) atoms. The largest absolute Gasteiger partial charge is 0.481 e. The van der Waals surface area contributed by atoms with E-state index in [4.69, 9.17) is 5.11 Å². The van der Waals surface area contributed by atoms with E-state index in [1.807, 2.05) is 0 Å². The van der Waals surface area contributed by atoms with Crippen molar-refractivity contribution in [3.63, 3.8) is 0 Å². The van der Waals surface area contributed by atoms with Crippen LogP contribution in [-0.2, 0) is 9.59 Å². The fourth-order valence-electron chi connectivity index (χ4n) is 2.74. The molecule has 0 heterocycles. The van der Waals surface area contributed by atoms with Crippen molar-refractivity contribution in [1.82, 2.24) is 4.72 Å². The highest BCUT2D eigenvalue weighted by Crippen LogP contribution is 2.13. The van der Waals surface area contributed by atoms with Crippen LogP contribution in [0, 0.1) is 0 Å². The first-order valence-corrected chi connectivity index (χ1v) is 9.76. The summed E-state index contributed by atoms with van der Waals surface area (Å²) in [6.07, 6.45) is 17.8. The molecular weight excluding hydrogens is 310 g/mol. The van der Waals surface area contributed by atoms with Crippen molar-refractivity contribution in [2.45, 2.75) is 103 Å². The second-order valence-electron chi connectivity index (χ2n) is 6.38. The monoisotopic (exact) mass is 345 g/mol. The fraction of sp³-hybridized carbons (Fsp3) is 0.889. The average Bonchev–Trinajstić information content (AvgIpc) is 2.53. The normalized spacial score (nSPS) is 10.7. The van der Waals surface area contributed by atoms with Crippen LogP contribution < -0.4 is 4.72 Å². The molecule has 0 fully saturated rings. The highest BCUT2D eigenvalue weighted by atomic mass is 32.1. The lowest BCUT2D eigenvalue weighted by Gasteiger charge is -2.03. The van der Waals surface area contributed by atoms with Gasteiger partial charge in [-0.25, -0.2) is 0 Å². The van der Waals surface area contributed by atoms with E-state index < -0.39 is 5.97 Å².